The van der Waals surface area contributed by atoms with Crippen LogP contribution in [0.25, 0.3) is 0 Å². The number of ether oxygens (including phenoxy) is 1. The number of benzene rings is 2. The van der Waals surface area contributed by atoms with Crippen LogP contribution in [0.3, 0.4) is 0 Å². The number of carbonyl (C=O) groups is 3. The number of fused-ring (bicyclic) bond motifs is 4. The lowest BCUT2D eigenvalue weighted by Gasteiger charge is -2.48. The Hall–Kier alpha value is -4.28. The van der Waals surface area contributed by atoms with E-state index in [0.29, 0.717) is 25.4 Å². The molecule has 2 bridgehead atoms. The van der Waals surface area contributed by atoms with Crippen LogP contribution < -0.4 is 10.3 Å². The quantitative estimate of drug-likeness (QED) is 0.405. The summed E-state index contributed by atoms with van der Waals surface area (Å²) < 4.78 is 7.66. The fourth-order valence-electron chi connectivity index (χ4n) is 6.98. The molecule has 3 atom stereocenters. The van der Waals surface area contributed by atoms with Gasteiger partial charge in [0.1, 0.15) is 23.9 Å². The molecule has 6 rings (SSSR count). The van der Waals surface area contributed by atoms with Crippen molar-refractivity contribution < 1.29 is 24.2 Å². The van der Waals surface area contributed by atoms with Gasteiger partial charge in [-0.3, -0.25) is 24.2 Å². The predicted octanol–water partition coefficient (Wildman–Crippen LogP) is 2.66. The molecule has 2 aromatic carbocycles. The van der Waals surface area contributed by atoms with Gasteiger partial charge in [0, 0.05) is 58.0 Å². The Morgan fingerprint density at radius 2 is 1.56 bits per heavy atom. The smallest absolute Gasteiger partial charge is 0.332 e. The molecule has 0 unspecified atom stereocenters. The number of nitrogens with zero attached hydrogens (tertiary/aromatic N) is 4. The average Bonchev–Trinajstić information content (AvgIpc) is 3.02. The summed E-state index contributed by atoms with van der Waals surface area (Å²) in [5.74, 6) is -0.140. The maximum Gasteiger partial charge on any atom is 0.332 e. The molecule has 4 heterocycles. The number of piperidine rings is 1. The van der Waals surface area contributed by atoms with Gasteiger partial charge in [-0.25, -0.2) is 4.79 Å². The third-order valence-corrected chi connectivity index (χ3v) is 9.07. The molecule has 0 saturated carbocycles. The number of urea groups is 1. The van der Waals surface area contributed by atoms with Gasteiger partial charge in [0.2, 0.25) is 11.8 Å². The first-order chi connectivity index (χ1) is 20.7. The molecule has 0 spiro atoms. The highest BCUT2D eigenvalue weighted by Crippen LogP contribution is 2.39. The lowest BCUT2D eigenvalue weighted by molar-refractivity contribution is -0.159. The van der Waals surface area contributed by atoms with Crippen molar-refractivity contribution >= 4 is 17.8 Å². The number of amides is 4. The number of barbiturate groups is 1. The van der Waals surface area contributed by atoms with Gasteiger partial charge < -0.3 is 19.3 Å². The van der Waals surface area contributed by atoms with Crippen molar-refractivity contribution in [2.45, 2.75) is 31.4 Å². The van der Waals surface area contributed by atoms with Gasteiger partial charge in [-0.15, -0.1) is 0 Å². The highest BCUT2D eigenvalue weighted by Gasteiger charge is 2.56. The van der Waals surface area contributed by atoms with Crippen LogP contribution in [0.2, 0.25) is 0 Å². The van der Waals surface area contributed by atoms with Gasteiger partial charge in [-0.2, -0.15) is 0 Å². The maximum atomic E-state index is 13.9. The van der Waals surface area contributed by atoms with Gasteiger partial charge in [-0.1, -0.05) is 48.5 Å². The van der Waals surface area contributed by atoms with E-state index >= 15 is 0 Å². The molecule has 10 heteroatoms. The van der Waals surface area contributed by atoms with Crippen LogP contribution >= 0.6 is 0 Å². The van der Waals surface area contributed by atoms with Crippen molar-refractivity contribution in [1.82, 2.24) is 19.3 Å². The van der Waals surface area contributed by atoms with Gasteiger partial charge >= 0.3 is 6.03 Å². The molecular formula is C33H36N4O6. The standard InChI is InChI=1S/C33H36N4O6/c1-34-30(40)33(31(41)35(2)32(34)42,21-36-17-23-15-25(19-36)27-9-6-10-29(39)37(27)18-23)16-22-11-13-26(14-12-22)43-20-28(38)24-7-4-3-5-8-24/h3-14,23,25,28,38H,15-21H2,1-2H3/t23-,25-,28-/m1/s1. The largest absolute Gasteiger partial charge is 0.491 e. The van der Waals surface area contributed by atoms with E-state index in [2.05, 4.69) is 4.90 Å². The molecule has 3 aliphatic rings. The Morgan fingerprint density at radius 1 is 0.860 bits per heavy atom. The zero-order valence-corrected chi connectivity index (χ0v) is 24.4. The number of carbonyl (C=O) groups excluding carboxylic acids is 3. The van der Waals surface area contributed by atoms with Crippen LogP contribution in [0.5, 0.6) is 5.75 Å². The molecule has 2 saturated heterocycles. The molecule has 0 aliphatic carbocycles. The Morgan fingerprint density at radius 3 is 2.26 bits per heavy atom. The van der Waals surface area contributed by atoms with E-state index in [4.69, 9.17) is 4.74 Å². The summed E-state index contributed by atoms with van der Waals surface area (Å²) in [6.07, 6.45) is 0.287. The Balaban J connectivity index is 1.23. The number of aromatic nitrogens is 1. The second-order valence-corrected chi connectivity index (χ2v) is 12.0. The van der Waals surface area contributed by atoms with Gasteiger partial charge in [0.05, 0.1) is 0 Å². The van der Waals surface area contributed by atoms with E-state index < -0.39 is 29.4 Å². The normalized spacial score (nSPS) is 22.3. The fraction of sp³-hybridized carbons (Fsp3) is 0.394. The summed E-state index contributed by atoms with van der Waals surface area (Å²) in [5, 5.41) is 10.4. The van der Waals surface area contributed by atoms with Crippen LogP contribution in [0.4, 0.5) is 4.79 Å². The molecule has 224 valence electrons. The monoisotopic (exact) mass is 584 g/mol. The number of hydrogen-bond donors (Lipinski definition) is 1. The third-order valence-electron chi connectivity index (χ3n) is 9.07. The van der Waals surface area contributed by atoms with Gasteiger partial charge in [0.15, 0.2) is 0 Å². The lowest BCUT2D eigenvalue weighted by Crippen LogP contribution is -2.67. The summed E-state index contributed by atoms with van der Waals surface area (Å²) in [4.78, 5) is 57.2. The SMILES string of the molecule is CN1C(=O)N(C)C(=O)C(Cc2ccc(OC[C@@H](O)c3ccccc3)cc2)(CN2C[C@H]3C[C@H](C2)c2cccc(=O)n2C3)C1=O. The first-order valence-corrected chi connectivity index (χ1v) is 14.6. The van der Waals surface area contributed by atoms with Crippen LogP contribution in [0.15, 0.2) is 77.6 Å². The number of imide groups is 2. The molecule has 1 N–H and O–H groups in total. The van der Waals surface area contributed by atoms with E-state index in [1.165, 1.54) is 14.1 Å². The summed E-state index contributed by atoms with van der Waals surface area (Å²) in [6, 6.07) is 21.1. The number of pyridine rings is 1. The van der Waals surface area contributed by atoms with Crippen molar-refractivity contribution in [3.8, 4) is 5.75 Å². The highest BCUT2D eigenvalue weighted by atomic mass is 16.5. The zero-order chi connectivity index (χ0) is 30.3. The van der Waals surface area contributed by atoms with Gasteiger partial charge in [-0.05, 0) is 48.1 Å². The summed E-state index contributed by atoms with van der Waals surface area (Å²) >= 11 is 0. The number of aliphatic hydroxyl groups excluding tert-OH is 1. The topological polar surface area (TPSA) is 112 Å². The van der Waals surface area contributed by atoms with Crippen molar-refractivity contribution in [3.05, 3.63) is 100.0 Å². The molecular weight excluding hydrogens is 548 g/mol. The number of aliphatic hydroxyl groups is 1. The minimum atomic E-state index is -1.49. The number of rotatable bonds is 8. The average molecular weight is 585 g/mol. The Kier molecular flexibility index (Phi) is 7.66. The fourth-order valence-corrected chi connectivity index (χ4v) is 6.98. The number of likely N-dealkylation sites (tertiary alicyclic amines) is 1. The van der Waals surface area contributed by atoms with E-state index in [9.17, 15) is 24.3 Å². The summed E-state index contributed by atoms with van der Waals surface area (Å²) in [5.41, 5.74) is 1.00. The third kappa shape index (κ3) is 5.36. The van der Waals surface area contributed by atoms with Crippen LogP contribution in [-0.2, 0) is 22.6 Å². The predicted molar refractivity (Wildman–Crippen MR) is 158 cm³/mol. The first kappa shape index (κ1) is 28.8. The van der Waals surface area contributed by atoms with Crippen molar-refractivity contribution in [2.24, 2.45) is 11.3 Å². The summed E-state index contributed by atoms with van der Waals surface area (Å²) in [7, 11) is 2.84. The van der Waals surface area contributed by atoms with E-state index in [-0.39, 0.29) is 37.0 Å². The highest BCUT2D eigenvalue weighted by molar-refractivity contribution is 6.19. The number of hydrogen-bond acceptors (Lipinski definition) is 7. The Labute approximate surface area is 250 Å². The molecule has 10 nitrogen and oxygen atoms in total. The van der Waals surface area contributed by atoms with E-state index in [1.54, 1.807) is 24.3 Å². The molecule has 1 aromatic heterocycles. The van der Waals surface area contributed by atoms with E-state index in [1.807, 2.05) is 53.1 Å². The van der Waals surface area contributed by atoms with Gasteiger partial charge in [0.25, 0.3) is 5.56 Å². The second kappa shape index (κ2) is 11.4. The van der Waals surface area contributed by atoms with Crippen molar-refractivity contribution in [1.29, 1.82) is 0 Å². The minimum absolute atomic E-state index is 0.00137. The van der Waals surface area contributed by atoms with Crippen molar-refractivity contribution in [3.63, 3.8) is 0 Å². The second-order valence-electron chi connectivity index (χ2n) is 12.0. The van der Waals surface area contributed by atoms with Crippen LogP contribution in [-0.4, -0.2) is 82.6 Å². The molecule has 0 radical (unpaired) electrons. The van der Waals surface area contributed by atoms with Crippen molar-refractivity contribution in [2.75, 3.05) is 40.3 Å². The summed E-state index contributed by atoms with van der Waals surface area (Å²) in [6.45, 7) is 2.11. The first-order valence-electron chi connectivity index (χ1n) is 14.6. The van der Waals surface area contributed by atoms with Crippen LogP contribution in [0, 0.1) is 11.3 Å². The zero-order valence-electron chi connectivity index (χ0n) is 24.4. The molecule has 4 amide bonds. The molecule has 43 heavy (non-hydrogen) atoms. The maximum absolute atomic E-state index is 13.9. The lowest BCUT2D eigenvalue weighted by atomic mass is 9.75. The Bertz CT molecular complexity index is 1560. The minimum Gasteiger partial charge on any atom is -0.491 e. The molecule has 3 aromatic rings. The van der Waals surface area contributed by atoms with E-state index in [0.717, 1.165) is 33.0 Å². The molecule has 2 fully saturated rings. The molecule has 3 aliphatic heterocycles. The van der Waals surface area contributed by atoms with Crippen LogP contribution in [0.1, 0.15) is 35.3 Å².